The molecule has 0 bridgehead atoms. The predicted molar refractivity (Wildman–Crippen MR) is 122 cm³/mol. The number of carbonyl (C=O) groups is 2. The second kappa shape index (κ2) is 11.1. The summed E-state index contributed by atoms with van der Waals surface area (Å²) in [5.74, 6) is 0.475. The molecular weight excluding hydrogens is 392 g/mol. The number of nitrogens with one attached hydrogen (secondary N) is 1. The Morgan fingerprint density at radius 3 is 2.48 bits per heavy atom. The molecule has 2 aliphatic rings. The number of nitrogens with zero attached hydrogens (tertiary/aromatic N) is 3. The molecule has 2 aliphatic heterocycles. The molecule has 0 saturated carbocycles. The van der Waals surface area contributed by atoms with Gasteiger partial charge >= 0.3 is 0 Å². The Balaban J connectivity index is 1.79. The number of ether oxygens (including phenoxy) is 1. The highest BCUT2D eigenvalue weighted by Crippen LogP contribution is 2.26. The van der Waals surface area contributed by atoms with Gasteiger partial charge in [-0.2, -0.15) is 0 Å². The molecule has 1 N–H and O–H groups in total. The lowest BCUT2D eigenvalue weighted by Crippen LogP contribution is -2.53. The molecule has 2 heterocycles. The SMILES string of the molecule is COCC(=O)N1CC(N(Cc2ccc(C)cc2)CC(C)C)CC1C(=O)N1CCNCC1. The number of hydrogen-bond donors (Lipinski definition) is 1. The van der Waals surface area contributed by atoms with Crippen LogP contribution in [0.1, 0.15) is 31.4 Å². The van der Waals surface area contributed by atoms with E-state index >= 15 is 0 Å². The molecule has 1 aromatic rings. The second-order valence-corrected chi connectivity index (χ2v) is 9.27. The van der Waals surface area contributed by atoms with Crippen molar-refractivity contribution in [3.05, 3.63) is 35.4 Å². The van der Waals surface area contributed by atoms with Crippen LogP contribution in [-0.2, 0) is 20.9 Å². The number of carbonyl (C=O) groups excluding carboxylic acids is 2. The number of piperazine rings is 1. The first-order chi connectivity index (χ1) is 14.9. The van der Waals surface area contributed by atoms with Gasteiger partial charge in [-0.1, -0.05) is 43.7 Å². The van der Waals surface area contributed by atoms with Crippen LogP contribution in [0.15, 0.2) is 24.3 Å². The van der Waals surface area contributed by atoms with E-state index in [1.165, 1.54) is 18.2 Å². The van der Waals surface area contributed by atoms with Gasteiger partial charge in [0, 0.05) is 59.0 Å². The van der Waals surface area contributed by atoms with Crippen LogP contribution in [0.2, 0.25) is 0 Å². The van der Waals surface area contributed by atoms with Crippen LogP contribution in [-0.4, -0.2) is 91.6 Å². The summed E-state index contributed by atoms with van der Waals surface area (Å²) in [5.41, 5.74) is 2.51. The third-order valence-corrected chi connectivity index (χ3v) is 6.20. The van der Waals surface area contributed by atoms with Crippen LogP contribution in [0.25, 0.3) is 0 Å². The Kier molecular flexibility index (Phi) is 8.46. The summed E-state index contributed by atoms with van der Waals surface area (Å²) in [7, 11) is 1.53. The minimum absolute atomic E-state index is 0.0141. The largest absolute Gasteiger partial charge is 0.375 e. The molecule has 2 amide bonds. The topological polar surface area (TPSA) is 65.1 Å². The van der Waals surface area contributed by atoms with E-state index in [1.807, 2.05) is 4.90 Å². The van der Waals surface area contributed by atoms with Gasteiger partial charge in [0.05, 0.1) is 0 Å². The first-order valence-electron chi connectivity index (χ1n) is 11.5. The van der Waals surface area contributed by atoms with Crippen LogP contribution >= 0.6 is 0 Å². The van der Waals surface area contributed by atoms with Crippen molar-refractivity contribution in [3.8, 4) is 0 Å². The minimum Gasteiger partial charge on any atom is -0.375 e. The van der Waals surface area contributed by atoms with Crippen molar-refractivity contribution in [3.63, 3.8) is 0 Å². The molecule has 2 saturated heterocycles. The molecule has 0 aliphatic carbocycles. The maximum Gasteiger partial charge on any atom is 0.249 e. The van der Waals surface area contributed by atoms with Gasteiger partial charge in [0.15, 0.2) is 0 Å². The lowest BCUT2D eigenvalue weighted by atomic mass is 10.1. The molecular formula is C24H38N4O3. The van der Waals surface area contributed by atoms with Crippen molar-refractivity contribution in [2.75, 3.05) is 53.0 Å². The number of methoxy groups -OCH3 is 1. The number of aryl methyl sites for hydroxylation is 1. The van der Waals surface area contributed by atoms with Gasteiger partial charge in [0.1, 0.15) is 12.6 Å². The summed E-state index contributed by atoms with van der Waals surface area (Å²) in [4.78, 5) is 32.3. The number of amides is 2. The molecule has 1 aromatic carbocycles. The Hall–Kier alpha value is -1.96. The summed E-state index contributed by atoms with van der Waals surface area (Å²) in [6.45, 7) is 11.9. The van der Waals surface area contributed by atoms with Gasteiger partial charge in [-0.05, 0) is 24.8 Å². The van der Waals surface area contributed by atoms with Gasteiger partial charge in [-0.25, -0.2) is 0 Å². The fraction of sp³-hybridized carbons (Fsp3) is 0.667. The smallest absolute Gasteiger partial charge is 0.249 e. The van der Waals surface area contributed by atoms with Crippen LogP contribution in [0.3, 0.4) is 0 Å². The summed E-state index contributed by atoms with van der Waals surface area (Å²) < 4.78 is 5.12. The molecule has 7 nitrogen and oxygen atoms in total. The molecule has 0 spiro atoms. The fourth-order valence-corrected chi connectivity index (χ4v) is 4.63. The highest BCUT2D eigenvalue weighted by Gasteiger charge is 2.43. The zero-order chi connectivity index (χ0) is 22.4. The Morgan fingerprint density at radius 1 is 1.19 bits per heavy atom. The quantitative estimate of drug-likeness (QED) is 0.677. The van der Waals surface area contributed by atoms with Crippen LogP contribution in [0, 0.1) is 12.8 Å². The van der Waals surface area contributed by atoms with Crippen molar-refractivity contribution in [2.24, 2.45) is 5.92 Å². The standard InChI is InChI=1S/C24H38N4O3/c1-18(2)14-27(15-20-7-5-19(3)6-8-20)21-13-22(28(16-21)23(29)17-31-4)24(30)26-11-9-25-10-12-26/h5-8,18,21-22,25H,9-17H2,1-4H3. The van der Waals surface area contributed by atoms with Crippen molar-refractivity contribution in [1.29, 1.82) is 0 Å². The molecule has 2 atom stereocenters. The van der Waals surface area contributed by atoms with Crippen molar-refractivity contribution in [2.45, 2.75) is 45.8 Å². The van der Waals surface area contributed by atoms with Crippen molar-refractivity contribution < 1.29 is 14.3 Å². The summed E-state index contributed by atoms with van der Waals surface area (Å²) >= 11 is 0. The summed E-state index contributed by atoms with van der Waals surface area (Å²) in [6.07, 6.45) is 0.677. The lowest BCUT2D eigenvalue weighted by molar-refractivity contribution is -0.146. The van der Waals surface area contributed by atoms with E-state index < -0.39 is 6.04 Å². The van der Waals surface area contributed by atoms with Crippen LogP contribution < -0.4 is 5.32 Å². The Labute approximate surface area is 186 Å². The zero-order valence-electron chi connectivity index (χ0n) is 19.5. The molecule has 31 heavy (non-hydrogen) atoms. The molecule has 2 unspecified atom stereocenters. The van der Waals surface area contributed by atoms with E-state index in [4.69, 9.17) is 4.74 Å². The zero-order valence-corrected chi connectivity index (χ0v) is 19.5. The van der Waals surface area contributed by atoms with Gasteiger partial charge in [-0.15, -0.1) is 0 Å². The maximum absolute atomic E-state index is 13.4. The first kappa shape index (κ1) is 23.7. The van der Waals surface area contributed by atoms with Gasteiger partial charge in [-0.3, -0.25) is 14.5 Å². The van der Waals surface area contributed by atoms with E-state index in [0.29, 0.717) is 32.0 Å². The molecule has 172 valence electrons. The molecule has 0 radical (unpaired) electrons. The number of rotatable bonds is 8. The van der Waals surface area contributed by atoms with E-state index in [9.17, 15) is 9.59 Å². The monoisotopic (exact) mass is 430 g/mol. The van der Waals surface area contributed by atoms with E-state index in [2.05, 4.69) is 55.3 Å². The second-order valence-electron chi connectivity index (χ2n) is 9.27. The van der Waals surface area contributed by atoms with Crippen molar-refractivity contribution >= 4 is 11.8 Å². The predicted octanol–water partition coefficient (Wildman–Crippen LogP) is 1.50. The third kappa shape index (κ3) is 6.28. The summed E-state index contributed by atoms with van der Waals surface area (Å²) in [5, 5.41) is 3.29. The molecule has 3 rings (SSSR count). The normalized spacial score (nSPS) is 21.9. The van der Waals surface area contributed by atoms with E-state index in [0.717, 1.165) is 26.2 Å². The molecule has 7 heteroatoms. The number of hydrogen-bond acceptors (Lipinski definition) is 5. The van der Waals surface area contributed by atoms with Gasteiger partial charge in [0.25, 0.3) is 0 Å². The average molecular weight is 431 g/mol. The lowest BCUT2D eigenvalue weighted by Gasteiger charge is -2.32. The summed E-state index contributed by atoms with van der Waals surface area (Å²) in [6, 6.07) is 8.38. The maximum atomic E-state index is 13.4. The minimum atomic E-state index is -0.404. The average Bonchev–Trinajstić information content (AvgIpc) is 3.20. The third-order valence-electron chi connectivity index (χ3n) is 6.20. The number of benzene rings is 1. The van der Waals surface area contributed by atoms with E-state index in [1.54, 1.807) is 4.90 Å². The highest BCUT2D eigenvalue weighted by atomic mass is 16.5. The van der Waals surface area contributed by atoms with Crippen molar-refractivity contribution in [1.82, 2.24) is 20.0 Å². The molecule has 2 fully saturated rings. The Bertz CT molecular complexity index is 731. The van der Waals surface area contributed by atoms with Crippen LogP contribution in [0.4, 0.5) is 0 Å². The molecule has 0 aromatic heterocycles. The Morgan fingerprint density at radius 2 is 1.87 bits per heavy atom. The highest BCUT2D eigenvalue weighted by molar-refractivity contribution is 5.89. The fourth-order valence-electron chi connectivity index (χ4n) is 4.63. The van der Waals surface area contributed by atoms with E-state index in [-0.39, 0.29) is 24.5 Å². The van der Waals surface area contributed by atoms with Gasteiger partial charge < -0.3 is 19.9 Å². The first-order valence-corrected chi connectivity index (χ1v) is 11.5. The number of likely N-dealkylation sites (tertiary alicyclic amines) is 1. The van der Waals surface area contributed by atoms with Gasteiger partial charge in [0.2, 0.25) is 11.8 Å². The van der Waals surface area contributed by atoms with Crippen LogP contribution in [0.5, 0.6) is 0 Å².